The summed E-state index contributed by atoms with van der Waals surface area (Å²) >= 11 is 0. The minimum absolute atomic E-state index is 0.353. The molecule has 2 saturated carbocycles. The topological polar surface area (TPSA) is 38.0 Å². The van der Waals surface area contributed by atoms with Crippen molar-refractivity contribution in [2.75, 3.05) is 0 Å². The predicted molar refractivity (Wildman–Crippen MR) is 74.8 cm³/mol. The molecule has 4 atom stereocenters. The van der Waals surface area contributed by atoms with Crippen molar-refractivity contribution in [3.8, 4) is 0 Å². The van der Waals surface area contributed by atoms with Crippen LogP contribution in [-0.2, 0) is 6.42 Å². The molecule has 98 valence electrons. The van der Waals surface area contributed by atoms with Crippen LogP contribution in [0.2, 0.25) is 0 Å². The zero-order chi connectivity index (χ0) is 12.5. The highest BCUT2D eigenvalue weighted by atomic mass is 15.2. The summed E-state index contributed by atoms with van der Waals surface area (Å²) in [6, 6.07) is 9.36. The van der Waals surface area contributed by atoms with Crippen LogP contribution in [0.5, 0.6) is 0 Å². The lowest BCUT2D eigenvalue weighted by Crippen LogP contribution is -2.35. The van der Waals surface area contributed by atoms with Crippen molar-refractivity contribution in [1.29, 1.82) is 0 Å². The molecule has 2 bridgehead atoms. The van der Waals surface area contributed by atoms with E-state index in [2.05, 4.69) is 36.6 Å². The first kappa shape index (κ1) is 12.2. The molecular formula is C16H24N2. The lowest BCUT2D eigenvalue weighted by atomic mass is 9.80. The van der Waals surface area contributed by atoms with E-state index >= 15 is 0 Å². The van der Waals surface area contributed by atoms with Crippen molar-refractivity contribution in [2.24, 2.45) is 23.6 Å². The van der Waals surface area contributed by atoms with E-state index in [0.717, 1.165) is 24.2 Å². The highest BCUT2D eigenvalue weighted by Crippen LogP contribution is 2.52. The summed E-state index contributed by atoms with van der Waals surface area (Å²) in [7, 11) is 0. The molecule has 2 heteroatoms. The maximum absolute atomic E-state index is 5.84. The minimum atomic E-state index is 0.353. The largest absolute Gasteiger partial charge is 0.271 e. The maximum Gasteiger partial charge on any atom is 0.0490 e. The lowest BCUT2D eigenvalue weighted by molar-refractivity contribution is 0.252. The molecule has 0 saturated heterocycles. The van der Waals surface area contributed by atoms with Gasteiger partial charge in [-0.25, -0.2) is 0 Å². The summed E-state index contributed by atoms with van der Waals surface area (Å²) < 4.78 is 0. The predicted octanol–water partition coefficient (Wildman–Crippen LogP) is 3.19. The van der Waals surface area contributed by atoms with Crippen LogP contribution in [0.4, 0.5) is 0 Å². The Morgan fingerprint density at radius 3 is 2.50 bits per heavy atom. The number of rotatable bonds is 4. The van der Waals surface area contributed by atoms with Gasteiger partial charge in [0.15, 0.2) is 0 Å². The van der Waals surface area contributed by atoms with Crippen LogP contribution in [-0.4, -0.2) is 0 Å². The number of hydrogen-bond donors (Lipinski definition) is 2. The van der Waals surface area contributed by atoms with Gasteiger partial charge in [0, 0.05) is 6.04 Å². The number of fused-ring (bicyclic) bond motifs is 2. The second-order valence-corrected chi connectivity index (χ2v) is 6.08. The van der Waals surface area contributed by atoms with Crippen LogP contribution in [0.15, 0.2) is 24.3 Å². The van der Waals surface area contributed by atoms with Crippen LogP contribution < -0.4 is 11.3 Å². The van der Waals surface area contributed by atoms with Crippen LogP contribution >= 0.6 is 0 Å². The third kappa shape index (κ3) is 2.08. The number of aryl methyl sites for hydroxylation is 1. The molecule has 0 spiro atoms. The van der Waals surface area contributed by atoms with Gasteiger partial charge in [0.2, 0.25) is 0 Å². The van der Waals surface area contributed by atoms with Gasteiger partial charge in [0.25, 0.3) is 0 Å². The van der Waals surface area contributed by atoms with E-state index < -0.39 is 0 Å². The van der Waals surface area contributed by atoms with E-state index in [1.165, 1.54) is 36.8 Å². The smallest absolute Gasteiger partial charge is 0.0490 e. The van der Waals surface area contributed by atoms with Crippen LogP contribution in [0.3, 0.4) is 0 Å². The molecule has 4 unspecified atom stereocenters. The Kier molecular flexibility index (Phi) is 3.40. The van der Waals surface area contributed by atoms with E-state index in [0.29, 0.717) is 6.04 Å². The molecule has 0 aromatic heterocycles. The number of nitrogens with two attached hydrogens (primary N) is 1. The SMILES string of the molecule is CCc1ccc(C(NN)C2CC3CCC2C3)cc1. The summed E-state index contributed by atoms with van der Waals surface area (Å²) in [6.07, 6.45) is 6.79. The number of hydrazine groups is 1. The van der Waals surface area contributed by atoms with Crippen molar-refractivity contribution in [3.63, 3.8) is 0 Å². The first-order valence-corrected chi connectivity index (χ1v) is 7.36. The molecular weight excluding hydrogens is 220 g/mol. The third-order valence-corrected chi connectivity index (χ3v) is 5.15. The fraction of sp³-hybridized carbons (Fsp3) is 0.625. The zero-order valence-electron chi connectivity index (χ0n) is 11.2. The van der Waals surface area contributed by atoms with E-state index in [-0.39, 0.29) is 0 Å². The molecule has 0 aliphatic heterocycles. The van der Waals surface area contributed by atoms with Gasteiger partial charge in [-0.05, 0) is 54.6 Å². The highest BCUT2D eigenvalue weighted by molar-refractivity contribution is 5.26. The van der Waals surface area contributed by atoms with E-state index in [9.17, 15) is 0 Å². The summed E-state index contributed by atoms with van der Waals surface area (Å²) in [5.74, 6) is 8.47. The quantitative estimate of drug-likeness (QED) is 0.630. The molecule has 2 aliphatic carbocycles. The van der Waals surface area contributed by atoms with Crippen molar-refractivity contribution < 1.29 is 0 Å². The van der Waals surface area contributed by atoms with Crippen molar-refractivity contribution in [3.05, 3.63) is 35.4 Å². The second kappa shape index (κ2) is 5.02. The Balaban J connectivity index is 1.79. The van der Waals surface area contributed by atoms with Crippen molar-refractivity contribution >= 4 is 0 Å². The summed E-state index contributed by atoms with van der Waals surface area (Å²) in [5.41, 5.74) is 5.86. The third-order valence-electron chi connectivity index (χ3n) is 5.15. The average Bonchev–Trinajstić information content (AvgIpc) is 3.03. The fourth-order valence-electron chi connectivity index (χ4n) is 4.13. The van der Waals surface area contributed by atoms with Gasteiger partial charge < -0.3 is 0 Å². The molecule has 2 fully saturated rings. The average molecular weight is 244 g/mol. The second-order valence-electron chi connectivity index (χ2n) is 6.08. The maximum atomic E-state index is 5.84. The zero-order valence-corrected chi connectivity index (χ0v) is 11.2. The summed E-state index contributed by atoms with van der Waals surface area (Å²) in [5, 5.41) is 0. The van der Waals surface area contributed by atoms with Gasteiger partial charge in [-0.3, -0.25) is 11.3 Å². The van der Waals surface area contributed by atoms with E-state index in [1.807, 2.05) is 0 Å². The van der Waals surface area contributed by atoms with Gasteiger partial charge in [0.05, 0.1) is 0 Å². The number of hydrogen-bond acceptors (Lipinski definition) is 2. The molecule has 18 heavy (non-hydrogen) atoms. The van der Waals surface area contributed by atoms with Crippen LogP contribution in [0, 0.1) is 17.8 Å². The van der Waals surface area contributed by atoms with E-state index in [4.69, 9.17) is 5.84 Å². The van der Waals surface area contributed by atoms with Gasteiger partial charge in [0.1, 0.15) is 0 Å². The summed E-state index contributed by atoms with van der Waals surface area (Å²) in [4.78, 5) is 0. The highest BCUT2D eigenvalue weighted by Gasteiger charge is 2.43. The van der Waals surface area contributed by atoms with E-state index in [1.54, 1.807) is 0 Å². The lowest BCUT2D eigenvalue weighted by Gasteiger charge is -2.30. The van der Waals surface area contributed by atoms with Crippen LogP contribution in [0.25, 0.3) is 0 Å². The standard InChI is InChI=1S/C16H24N2/c1-2-11-3-6-13(7-4-11)16(18-17)15-10-12-5-8-14(15)9-12/h3-4,6-7,12,14-16,18H,2,5,8-10,17H2,1H3. The minimum Gasteiger partial charge on any atom is -0.271 e. The Morgan fingerprint density at radius 2 is 2.00 bits per heavy atom. The Labute approximate surface area is 110 Å². The Hall–Kier alpha value is -0.860. The molecule has 2 nitrogen and oxygen atoms in total. The van der Waals surface area contributed by atoms with Crippen LogP contribution in [0.1, 0.15) is 49.8 Å². The molecule has 1 aromatic rings. The Morgan fingerprint density at radius 1 is 1.22 bits per heavy atom. The Bertz CT molecular complexity index is 398. The molecule has 1 aromatic carbocycles. The molecule has 3 N–H and O–H groups in total. The molecule has 0 amide bonds. The van der Waals surface area contributed by atoms with Gasteiger partial charge >= 0.3 is 0 Å². The van der Waals surface area contributed by atoms with Gasteiger partial charge in [-0.2, -0.15) is 0 Å². The number of benzene rings is 1. The monoisotopic (exact) mass is 244 g/mol. The summed E-state index contributed by atoms with van der Waals surface area (Å²) in [6.45, 7) is 2.20. The molecule has 0 heterocycles. The van der Waals surface area contributed by atoms with Crippen molar-refractivity contribution in [1.82, 2.24) is 5.43 Å². The molecule has 2 aliphatic rings. The van der Waals surface area contributed by atoms with Gasteiger partial charge in [-0.15, -0.1) is 0 Å². The molecule has 0 radical (unpaired) electrons. The first-order chi connectivity index (χ1) is 8.81. The number of nitrogens with one attached hydrogen (secondary N) is 1. The normalized spacial score (nSPS) is 31.8. The molecule has 3 rings (SSSR count). The first-order valence-electron chi connectivity index (χ1n) is 7.36. The van der Waals surface area contributed by atoms with Gasteiger partial charge in [-0.1, -0.05) is 37.6 Å². The fourth-order valence-corrected chi connectivity index (χ4v) is 4.13. The van der Waals surface area contributed by atoms with Crippen molar-refractivity contribution in [2.45, 2.75) is 45.1 Å².